The quantitative estimate of drug-likeness (QED) is 0.664. The summed E-state index contributed by atoms with van der Waals surface area (Å²) in [6.07, 6.45) is 0.857. The zero-order chi connectivity index (χ0) is 23.1. The van der Waals surface area contributed by atoms with Crippen molar-refractivity contribution in [1.29, 1.82) is 0 Å². The Bertz CT molecular complexity index is 748. The molecule has 0 fully saturated rings. The molecule has 0 aromatic heterocycles. The highest BCUT2D eigenvalue weighted by Crippen LogP contribution is 2.23. The zero-order valence-electron chi connectivity index (χ0n) is 19.1. The molecule has 0 saturated heterocycles. The van der Waals surface area contributed by atoms with Gasteiger partial charge in [-0.25, -0.2) is 4.79 Å². The van der Waals surface area contributed by atoms with Gasteiger partial charge in [-0.05, 0) is 54.0 Å². The van der Waals surface area contributed by atoms with E-state index < -0.39 is 35.2 Å². The lowest BCUT2D eigenvalue weighted by Crippen LogP contribution is -2.53. The van der Waals surface area contributed by atoms with E-state index in [1.807, 2.05) is 39.0 Å². The van der Waals surface area contributed by atoms with E-state index in [0.29, 0.717) is 5.56 Å². The lowest BCUT2D eigenvalue weighted by atomic mass is 10.0. The number of nitrogens with one attached hydrogen (secondary N) is 2. The van der Waals surface area contributed by atoms with Crippen molar-refractivity contribution >= 4 is 17.9 Å². The number of alkyl carbamates (subject to hydrolysis) is 1. The van der Waals surface area contributed by atoms with Crippen LogP contribution in [0.5, 0.6) is 0 Å². The molecule has 0 heterocycles. The van der Waals surface area contributed by atoms with Gasteiger partial charge in [0.05, 0.1) is 0 Å². The largest absolute Gasteiger partial charge is 0.444 e. The van der Waals surface area contributed by atoms with Gasteiger partial charge in [0.25, 0.3) is 0 Å². The number of benzene rings is 1. The van der Waals surface area contributed by atoms with E-state index in [1.54, 1.807) is 45.9 Å². The number of carbonyl (C=O) groups excluding carboxylic acids is 3. The minimum Gasteiger partial charge on any atom is -0.444 e. The molecule has 30 heavy (non-hydrogen) atoms. The highest BCUT2D eigenvalue weighted by atomic mass is 16.6. The molecule has 0 aliphatic carbocycles. The average molecular weight is 418 g/mol. The summed E-state index contributed by atoms with van der Waals surface area (Å²) in [4.78, 5) is 39.9. The van der Waals surface area contributed by atoms with Gasteiger partial charge in [0.15, 0.2) is 0 Å². The van der Waals surface area contributed by atoms with Crippen molar-refractivity contribution in [3.8, 4) is 0 Å². The van der Waals surface area contributed by atoms with Gasteiger partial charge in [-0.3, -0.25) is 9.59 Å². The minimum absolute atomic E-state index is 0.135. The number of hydrogen-bond acceptors (Lipinski definition) is 4. The van der Waals surface area contributed by atoms with Crippen molar-refractivity contribution in [2.75, 3.05) is 6.54 Å². The van der Waals surface area contributed by atoms with E-state index in [-0.39, 0.29) is 12.5 Å². The predicted molar refractivity (Wildman–Crippen MR) is 118 cm³/mol. The number of rotatable bonds is 7. The van der Waals surface area contributed by atoms with Crippen molar-refractivity contribution in [3.05, 3.63) is 48.6 Å². The van der Waals surface area contributed by atoms with Crippen molar-refractivity contribution in [1.82, 2.24) is 15.5 Å². The molecule has 3 amide bonds. The van der Waals surface area contributed by atoms with Crippen LogP contribution in [-0.2, 0) is 14.3 Å². The first-order chi connectivity index (χ1) is 13.7. The Morgan fingerprint density at radius 1 is 1.10 bits per heavy atom. The van der Waals surface area contributed by atoms with Gasteiger partial charge in [-0.15, -0.1) is 6.58 Å². The van der Waals surface area contributed by atoms with E-state index in [0.717, 1.165) is 0 Å². The van der Waals surface area contributed by atoms with Crippen molar-refractivity contribution in [3.63, 3.8) is 0 Å². The highest BCUT2D eigenvalue weighted by molar-refractivity contribution is 5.92. The van der Waals surface area contributed by atoms with E-state index in [9.17, 15) is 14.4 Å². The van der Waals surface area contributed by atoms with Gasteiger partial charge in [-0.2, -0.15) is 0 Å². The lowest BCUT2D eigenvalue weighted by Gasteiger charge is -2.34. The Morgan fingerprint density at radius 3 is 2.13 bits per heavy atom. The van der Waals surface area contributed by atoms with Crippen LogP contribution in [0.25, 0.3) is 0 Å². The molecule has 0 aliphatic heterocycles. The van der Waals surface area contributed by atoms with E-state index in [4.69, 9.17) is 4.74 Å². The smallest absolute Gasteiger partial charge is 0.408 e. The zero-order valence-corrected chi connectivity index (χ0v) is 19.1. The number of hydrogen-bond donors (Lipinski definition) is 2. The topological polar surface area (TPSA) is 87.7 Å². The molecule has 0 spiro atoms. The SMILES string of the molecule is C=CCN(C(=O)C(C)NC(=O)OC(C)(C)C)C(C(=O)NC(C)(C)C)c1ccccc1. The maximum Gasteiger partial charge on any atom is 0.408 e. The molecule has 166 valence electrons. The molecule has 2 atom stereocenters. The summed E-state index contributed by atoms with van der Waals surface area (Å²) in [6, 6.07) is 7.28. The van der Waals surface area contributed by atoms with Gasteiger partial charge >= 0.3 is 6.09 Å². The molecular weight excluding hydrogens is 382 g/mol. The summed E-state index contributed by atoms with van der Waals surface area (Å²) in [5, 5.41) is 5.49. The van der Waals surface area contributed by atoms with Gasteiger partial charge in [0, 0.05) is 12.1 Å². The highest BCUT2D eigenvalue weighted by Gasteiger charge is 2.35. The molecule has 1 aromatic carbocycles. The Morgan fingerprint density at radius 2 is 1.67 bits per heavy atom. The first kappa shape index (κ1) is 25.2. The Balaban J connectivity index is 3.21. The summed E-state index contributed by atoms with van der Waals surface area (Å²) >= 11 is 0. The van der Waals surface area contributed by atoms with Crippen LogP contribution in [-0.4, -0.2) is 46.5 Å². The van der Waals surface area contributed by atoms with Crippen LogP contribution in [0.2, 0.25) is 0 Å². The summed E-state index contributed by atoms with van der Waals surface area (Å²) in [6.45, 7) is 16.3. The van der Waals surface area contributed by atoms with Crippen molar-refractivity contribution in [2.45, 2.75) is 71.7 Å². The number of carbonyl (C=O) groups is 3. The minimum atomic E-state index is -0.895. The molecular formula is C23H35N3O4. The van der Waals surface area contributed by atoms with Crippen LogP contribution in [0.1, 0.15) is 60.1 Å². The molecule has 0 radical (unpaired) electrons. The van der Waals surface area contributed by atoms with Crippen LogP contribution in [0.3, 0.4) is 0 Å². The van der Waals surface area contributed by atoms with E-state index >= 15 is 0 Å². The first-order valence-electron chi connectivity index (χ1n) is 10.0. The normalized spacial score (nSPS) is 13.6. The third kappa shape index (κ3) is 8.27. The van der Waals surface area contributed by atoms with Crippen LogP contribution in [0, 0.1) is 0 Å². The fraction of sp³-hybridized carbons (Fsp3) is 0.522. The second-order valence-corrected chi connectivity index (χ2v) is 9.20. The number of amides is 3. The van der Waals surface area contributed by atoms with Crippen LogP contribution in [0.4, 0.5) is 4.79 Å². The molecule has 0 saturated carbocycles. The average Bonchev–Trinajstić information content (AvgIpc) is 2.58. The standard InChI is InChI=1S/C23H35N3O4/c1-9-15-26(20(28)16(2)24-21(29)30-23(6,7)8)18(17-13-11-10-12-14-17)19(27)25-22(3,4)5/h9-14,16,18H,1,15H2,2-8H3,(H,24,29)(H,25,27). The molecule has 1 aromatic rings. The van der Waals surface area contributed by atoms with Gasteiger partial charge < -0.3 is 20.3 Å². The lowest BCUT2D eigenvalue weighted by molar-refractivity contribution is -0.142. The molecule has 7 heteroatoms. The Hall–Kier alpha value is -2.83. The monoisotopic (exact) mass is 417 g/mol. The first-order valence-corrected chi connectivity index (χ1v) is 10.0. The molecule has 0 bridgehead atoms. The second-order valence-electron chi connectivity index (χ2n) is 9.20. The maximum atomic E-state index is 13.2. The molecule has 0 aliphatic rings. The van der Waals surface area contributed by atoms with Crippen LogP contribution < -0.4 is 10.6 Å². The summed E-state index contributed by atoms with van der Waals surface area (Å²) in [5.74, 6) is -0.730. The molecule has 2 N–H and O–H groups in total. The fourth-order valence-electron chi connectivity index (χ4n) is 2.80. The van der Waals surface area contributed by atoms with E-state index in [1.165, 1.54) is 4.90 Å². The van der Waals surface area contributed by atoms with Crippen molar-refractivity contribution in [2.24, 2.45) is 0 Å². The second kappa shape index (κ2) is 10.3. The Labute approximate surface area is 179 Å². The van der Waals surface area contributed by atoms with Crippen LogP contribution >= 0.6 is 0 Å². The Kier molecular flexibility index (Phi) is 8.63. The van der Waals surface area contributed by atoms with Crippen molar-refractivity contribution < 1.29 is 19.1 Å². The third-order valence-electron chi connectivity index (χ3n) is 3.89. The molecule has 7 nitrogen and oxygen atoms in total. The summed E-state index contributed by atoms with van der Waals surface area (Å²) in [5.41, 5.74) is -0.501. The molecule has 1 rings (SSSR count). The number of ether oxygens (including phenoxy) is 1. The molecule has 2 unspecified atom stereocenters. The third-order valence-corrected chi connectivity index (χ3v) is 3.89. The van der Waals surface area contributed by atoms with Gasteiger partial charge in [0.2, 0.25) is 11.8 Å². The fourth-order valence-corrected chi connectivity index (χ4v) is 2.80. The number of nitrogens with zero attached hydrogens (tertiary/aromatic N) is 1. The van der Waals surface area contributed by atoms with Gasteiger partial charge in [-0.1, -0.05) is 36.4 Å². The summed E-state index contributed by atoms with van der Waals surface area (Å²) < 4.78 is 5.24. The van der Waals surface area contributed by atoms with Gasteiger partial charge in [0.1, 0.15) is 17.7 Å². The summed E-state index contributed by atoms with van der Waals surface area (Å²) in [7, 11) is 0. The van der Waals surface area contributed by atoms with E-state index in [2.05, 4.69) is 17.2 Å². The predicted octanol–water partition coefficient (Wildman–Crippen LogP) is 3.57. The van der Waals surface area contributed by atoms with Crippen LogP contribution in [0.15, 0.2) is 43.0 Å². The maximum absolute atomic E-state index is 13.2.